The van der Waals surface area contributed by atoms with Gasteiger partial charge in [0.2, 0.25) is 0 Å². The number of hydrogen-bond acceptors (Lipinski definition) is 6. The lowest BCUT2D eigenvalue weighted by Crippen LogP contribution is -1.99. The highest BCUT2D eigenvalue weighted by Crippen LogP contribution is 2.41. The number of fused-ring (bicyclic) bond motifs is 1. The molecule has 0 unspecified atom stereocenters. The van der Waals surface area contributed by atoms with Crippen molar-refractivity contribution in [2.45, 2.75) is 4.90 Å². The van der Waals surface area contributed by atoms with Crippen molar-refractivity contribution in [3.63, 3.8) is 0 Å². The Morgan fingerprint density at radius 1 is 0.885 bits per heavy atom. The normalized spacial score (nSPS) is 12.4. The monoisotopic (exact) mass is 389 g/mol. The molecule has 26 heavy (non-hydrogen) atoms. The Balaban J connectivity index is 2.30. The second kappa shape index (κ2) is 7.16. The van der Waals surface area contributed by atoms with Gasteiger partial charge in [-0.25, -0.2) is 0 Å². The molecule has 0 aromatic heterocycles. The van der Waals surface area contributed by atoms with Gasteiger partial charge in [0.05, 0.1) is 5.02 Å². The first-order chi connectivity index (χ1) is 12.4. The lowest BCUT2D eigenvalue weighted by atomic mass is 10.1. The second-order valence-electron chi connectivity index (χ2n) is 5.13. The zero-order chi connectivity index (χ0) is 18.7. The van der Waals surface area contributed by atoms with Crippen molar-refractivity contribution in [3.05, 3.63) is 59.6 Å². The van der Waals surface area contributed by atoms with Crippen LogP contribution in [0.25, 0.3) is 10.8 Å². The smallest absolute Gasteiger partial charge is 0.295 e. The van der Waals surface area contributed by atoms with Gasteiger partial charge in [-0.1, -0.05) is 53.2 Å². The molecule has 0 heterocycles. The van der Waals surface area contributed by atoms with Crippen LogP contribution in [-0.4, -0.2) is 13.0 Å². The predicted octanol–water partition coefficient (Wildman–Crippen LogP) is 5.11. The molecule has 8 nitrogen and oxygen atoms in total. The van der Waals surface area contributed by atoms with Crippen LogP contribution in [0.15, 0.2) is 80.1 Å². The van der Waals surface area contributed by atoms with E-state index in [1.165, 1.54) is 6.07 Å². The Bertz CT molecular complexity index is 1150. The van der Waals surface area contributed by atoms with Gasteiger partial charge in [-0.05, 0) is 18.2 Å². The van der Waals surface area contributed by atoms with Crippen LogP contribution >= 0.6 is 11.6 Å². The molecular weight excluding hydrogens is 378 g/mol. The first-order valence-corrected chi connectivity index (χ1v) is 9.04. The van der Waals surface area contributed by atoms with Crippen LogP contribution in [0.4, 0.5) is 17.1 Å². The molecule has 0 aliphatic carbocycles. The van der Waals surface area contributed by atoms with E-state index in [0.29, 0.717) is 16.1 Å². The first-order valence-electron chi connectivity index (χ1n) is 7.22. The number of rotatable bonds is 4. The summed E-state index contributed by atoms with van der Waals surface area (Å²) < 4.78 is 33.1. The number of nitrogens with zero attached hydrogens (tertiary/aromatic N) is 4. The first kappa shape index (κ1) is 17.9. The van der Waals surface area contributed by atoms with Crippen molar-refractivity contribution in [2.24, 2.45) is 26.4 Å². The molecule has 0 atom stereocenters. The number of hydrogen-bond donors (Lipinski definition) is 2. The van der Waals surface area contributed by atoms with Gasteiger partial charge in [0.15, 0.2) is 0 Å². The highest BCUT2D eigenvalue weighted by Gasteiger charge is 2.19. The van der Waals surface area contributed by atoms with E-state index in [2.05, 4.69) is 20.6 Å². The lowest BCUT2D eigenvalue weighted by molar-refractivity contribution is 0.484. The van der Waals surface area contributed by atoms with Gasteiger partial charge in [0.25, 0.3) is 10.1 Å². The van der Waals surface area contributed by atoms with Crippen LogP contribution in [0.3, 0.4) is 0 Å². The maximum Gasteiger partial charge on any atom is 0.295 e. The lowest BCUT2D eigenvalue weighted by Gasteiger charge is -2.08. The largest absolute Gasteiger partial charge is 0.305 e. The highest BCUT2D eigenvalue weighted by molar-refractivity contribution is 7.86. The summed E-state index contributed by atoms with van der Waals surface area (Å²) >= 11 is 6.04. The van der Waals surface area contributed by atoms with Gasteiger partial charge in [0.1, 0.15) is 22.0 Å². The number of azo groups is 1. The fourth-order valence-electron chi connectivity index (χ4n) is 2.41. The Labute approximate surface area is 153 Å². The van der Waals surface area contributed by atoms with Gasteiger partial charge >= 0.3 is 0 Å². The fourth-order valence-corrected chi connectivity index (χ4v) is 3.30. The summed E-state index contributed by atoms with van der Waals surface area (Å²) in [6.07, 6.45) is 0. The summed E-state index contributed by atoms with van der Waals surface area (Å²) in [4.78, 5) is -0.322. The Morgan fingerprint density at radius 2 is 1.50 bits per heavy atom. The summed E-state index contributed by atoms with van der Waals surface area (Å²) in [5, 5.41) is 16.2. The minimum absolute atomic E-state index is 0.0606. The topological polar surface area (TPSA) is 130 Å². The molecule has 0 aliphatic heterocycles. The van der Waals surface area contributed by atoms with E-state index in [1.807, 2.05) is 0 Å². The number of halogens is 1. The van der Waals surface area contributed by atoms with Gasteiger partial charge in [0, 0.05) is 10.8 Å². The molecular formula is C16H12ClN5O3S. The molecule has 10 heteroatoms. The third-order valence-corrected chi connectivity index (χ3v) is 4.72. The van der Waals surface area contributed by atoms with Gasteiger partial charge in [-0.3, -0.25) is 4.55 Å². The summed E-state index contributed by atoms with van der Waals surface area (Å²) in [5.41, 5.74) is 0.656. The van der Waals surface area contributed by atoms with E-state index >= 15 is 0 Å². The number of benzene rings is 3. The van der Waals surface area contributed by atoms with Crippen molar-refractivity contribution >= 4 is 49.6 Å². The maximum absolute atomic E-state index is 11.8. The third-order valence-electron chi connectivity index (χ3n) is 3.51. The molecule has 3 aromatic carbocycles. The molecule has 0 saturated carbocycles. The van der Waals surface area contributed by atoms with Crippen molar-refractivity contribution in [2.75, 3.05) is 0 Å². The van der Waals surface area contributed by atoms with Crippen molar-refractivity contribution in [3.8, 4) is 0 Å². The molecule has 132 valence electrons. The van der Waals surface area contributed by atoms with Gasteiger partial charge in [-0.15, -0.1) is 15.3 Å². The summed E-state index contributed by atoms with van der Waals surface area (Å²) in [5.74, 6) is 5.17. The van der Waals surface area contributed by atoms with E-state index in [0.717, 1.165) is 6.07 Å². The minimum Gasteiger partial charge on any atom is -0.305 e. The zero-order valence-electron chi connectivity index (χ0n) is 13.1. The van der Waals surface area contributed by atoms with Crippen molar-refractivity contribution in [1.82, 2.24) is 0 Å². The summed E-state index contributed by atoms with van der Waals surface area (Å²) in [6, 6.07) is 14.4. The zero-order valence-corrected chi connectivity index (χ0v) is 14.7. The van der Waals surface area contributed by atoms with E-state index in [1.54, 1.807) is 42.5 Å². The molecule has 3 rings (SSSR count). The molecule has 3 N–H and O–H groups in total. The van der Waals surface area contributed by atoms with Crippen molar-refractivity contribution in [1.29, 1.82) is 0 Å². The average molecular weight is 390 g/mol. The van der Waals surface area contributed by atoms with Crippen molar-refractivity contribution < 1.29 is 13.0 Å². The van der Waals surface area contributed by atoms with E-state index in [9.17, 15) is 13.0 Å². The Morgan fingerprint density at radius 3 is 2.15 bits per heavy atom. The van der Waals surface area contributed by atoms with E-state index < -0.39 is 10.1 Å². The molecule has 0 fully saturated rings. The van der Waals surface area contributed by atoms with Crippen LogP contribution in [0.1, 0.15) is 0 Å². The molecule has 0 spiro atoms. The van der Waals surface area contributed by atoms with Crippen LogP contribution in [-0.2, 0) is 10.1 Å². The van der Waals surface area contributed by atoms with E-state index in [-0.39, 0.29) is 21.7 Å². The van der Waals surface area contributed by atoms with Gasteiger partial charge < -0.3 is 5.84 Å². The number of nitrogens with two attached hydrogens (primary N) is 1. The molecule has 0 aliphatic rings. The third kappa shape index (κ3) is 3.54. The van der Waals surface area contributed by atoms with Crippen LogP contribution < -0.4 is 5.84 Å². The molecule has 0 radical (unpaired) electrons. The average Bonchev–Trinajstić information content (AvgIpc) is 2.61. The maximum atomic E-state index is 11.8. The van der Waals surface area contributed by atoms with Crippen LogP contribution in [0.5, 0.6) is 0 Å². The molecule has 3 aromatic rings. The van der Waals surface area contributed by atoms with Crippen LogP contribution in [0.2, 0.25) is 5.02 Å². The molecule has 0 bridgehead atoms. The molecule has 0 amide bonds. The summed E-state index contributed by atoms with van der Waals surface area (Å²) in [6.45, 7) is 0. The minimum atomic E-state index is -4.51. The highest BCUT2D eigenvalue weighted by atomic mass is 35.5. The predicted molar refractivity (Wildman–Crippen MR) is 98.1 cm³/mol. The fraction of sp³-hybridized carbons (Fsp3) is 0. The van der Waals surface area contributed by atoms with E-state index in [4.69, 9.17) is 17.4 Å². The van der Waals surface area contributed by atoms with Crippen LogP contribution in [0, 0.1) is 0 Å². The summed E-state index contributed by atoms with van der Waals surface area (Å²) in [7, 11) is -4.51. The molecule has 0 saturated heterocycles. The quantitative estimate of drug-likeness (QED) is 0.277. The Hall–Kier alpha value is -2.88. The Kier molecular flexibility index (Phi) is 4.94. The van der Waals surface area contributed by atoms with Gasteiger partial charge in [-0.2, -0.15) is 8.42 Å². The second-order valence-corrected chi connectivity index (χ2v) is 6.93. The SMILES string of the molecule is NN=Nc1c(/N=N/c2ccccc2Cl)cc(S(=O)(=O)O)c2ccccc12. The standard InChI is InChI=1S/C16H12ClN5O3S/c17-12-7-3-4-8-13(12)19-20-14-9-15(26(23,24)25)10-5-1-2-6-11(10)16(14)21-22-18/h1-9H,(H2,18,21)(H,23,24,25)/b20-19+.